The van der Waals surface area contributed by atoms with Gasteiger partial charge in [-0.2, -0.15) is 0 Å². The van der Waals surface area contributed by atoms with Crippen molar-refractivity contribution in [3.05, 3.63) is 54.0 Å². The maximum absolute atomic E-state index is 13.1. The predicted molar refractivity (Wildman–Crippen MR) is 94.3 cm³/mol. The van der Waals surface area contributed by atoms with Crippen molar-refractivity contribution in [3.8, 4) is 0 Å². The summed E-state index contributed by atoms with van der Waals surface area (Å²) in [6, 6.07) is 5.08. The number of hydrogen-bond acceptors (Lipinski definition) is 5. The van der Waals surface area contributed by atoms with E-state index in [1.807, 2.05) is 0 Å². The van der Waals surface area contributed by atoms with Gasteiger partial charge in [0.1, 0.15) is 12.3 Å². The fourth-order valence-electron chi connectivity index (χ4n) is 2.73. The summed E-state index contributed by atoms with van der Waals surface area (Å²) in [7, 11) is 0. The molecule has 2 aromatic rings. The molecule has 11 heteroatoms. The van der Waals surface area contributed by atoms with Gasteiger partial charge in [-0.3, -0.25) is 19.3 Å². The largest absolute Gasteiger partial charge is 0.466 e. The molecule has 1 aromatic carbocycles. The fraction of sp³-hybridized carbons (Fsp3) is 0.222. The maximum Gasteiger partial charge on any atom is 0.325 e. The third-order valence-corrected chi connectivity index (χ3v) is 4.24. The van der Waals surface area contributed by atoms with Crippen LogP contribution in [-0.2, 0) is 19.9 Å². The van der Waals surface area contributed by atoms with Gasteiger partial charge in [-0.05, 0) is 31.2 Å². The first-order valence-corrected chi connectivity index (χ1v) is 8.40. The summed E-state index contributed by atoms with van der Waals surface area (Å²) in [4.78, 5) is 49.2. The molecule has 0 aliphatic carbocycles. The van der Waals surface area contributed by atoms with Gasteiger partial charge in [0.25, 0.3) is 5.91 Å². The highest BCUT2D eigenvalue weighted by Gasteiger charge is 2.51. The molecule has 1 aromatic heterocycles. The van der Waals surface area contributed by atoms with E-state index in [2.05, 4.69) is 16.0 Å². The number of furan rings is 1. The zero-order valence-electron chi connectivity index (χ0n) is 15.1. The molecule has 1 aliphatic heterocycles. The number of carbonyl (C=O) groups excluding carboxylic acids is 4. The Hall–Kier alpha value is -3.76. The molecule has 2 heterocycles. The van der Waals surface area contributed by atoms with Gasteiger partial charge < -0.3 is 20.4 Å². The van der Waals surface area contributed by atoms with Gasteiger partial charge in [0.2, 0.25) is 11.8 Å². The molecule has 1 saturated heterocycles. The Morgan fingerprint density at radius 1 is 1.17 bits per heavy atom. The molecule has 0 radical (unpaired) electrons. The van der Waals surface area contributed by atoms with Crippen molar-refractivity contribution in [3.63, 3.8) is 0 Å². The minimum absolute atomic E-state index is 0.00598. The van der Waals surface area contributed by atoms with Gasteiger partial charge in [-0.1, -0.05) is 0 Å². The van der Waals surface area contributed by atoms with Crippen LogP contribution in [0.5, 0.6) is 0 Å². The van der Waals surface area contributed by atoms with E-state index < -0.39 is 54.0 Å². The lowest BCUT2D eigenvalue weighted by Gasteiger charge is -2.18. The Labute approximate surface area is 163 Å². The number of rotatable bonds is 6. The van der Waals surface area contributed by atoms with E-state index in [0.29, 0.717) is 4.90 Å². The molecule has 1 aliphatic rings. The molecule has 5 amide bonds. The minimum Gasteiger partial charge on any atom is -0.466 e. The third-order valence-electron chi connectivity index (χ3n) is 4.24. The number of amides is 5. The normalized spacial score (nSPS) is 18.5. The number of nitrogens with one attached hydrogen (secondary N) is 3. The molecular formula is C18H16F2N4O5. The highest BCUT2D eigenvalue weighted by molar-refractivity contribution is 6.09. The average molecular weight is 406 g/mol. The lowest BCUT2D eigenvalue weighted by molar-refractivity contribution is -0.135. The van der Waals surface area contributed by atoms with Gasteiger partial charge in [0, 0.05) is 11.8 Å². The highest BCUT2D eigenvalue weighted by atomic mass is 19.2. The predicted octanol–water partition coefficient (Wildman–Crippen LogP) is 1.08. The van der Waals surface area contributed by atoms with Crippen molar-refractivity contribution >= 4 is 29.4 Å². The van der Waals surface area contributed by atoms with Crippen molar-refractivity contribution in [1.29, 1.82) is 0 Å². The molecule has 3 rings (SSSR count). The second-order valence-electron chi connectivity index (χ2n) is 6.38. The molecule has 1 atom stereocenters. The summed E-state index contributed by atoms with van der Waals surface area (Å²) in [5, 5.41) is 6.98. The summed E-state index contributed by atoms with van der Waals surface area (Å²) in [6.07, 6.45) is 1.35. The summed E-state index contributed by atoms with van der Waals surface area (Å²) in [6.45, 7) is 0.329. The van der Waals surface area contributed by atoms with Crippen molar-refractivity contribution in [2.45, 2.75) is 12.5 Å². The fourth-order valence-corrected chi connectivity index (χ4v) is 2.73. The van der Waals surface area contributed by atoms with Crippen LogP contribution in [0.1, 0.15) is 12.7 Å². The van der Waals surface area contributed by atoms with E-state index in [-0.39, 0.29) is 11.4 Å². The second-order valence-corrected chi connectivity index (χ2v) is 6.38. The maximum atomic E-state index is 13.1. The number of hydrogen-bond donors (Lipinski definition) is 3. The van der Waals surface area contributed by atoms with E-state index in [1.54, 1.807) is 6.07 Å². The zero-order chi connectivity index (χ0) is 21.2. The van der Waals surface area contributed by atoms with E-state index >= 15 is 0 Å². The molecular weight excluding hydrogens is 390 g/mol. The van der Waals surface area contributed by atoms with Crippen LogP contribution in [0.25, 0.3) is 0 Å². The van der Waals surface area contributed by atoms with Crippen LogP contribution in [0.15, 0.2) is 41.0 Å². The first-order chi connectivity index (χ1) is 13.7. The summed E-state index contributed by atoms with van der Waals surface area (Å²) in [5.41, 5.74) is -1.43. The van der Waals surface area contributed by atoms with Crippen LogP contribution in [0.3, 0.4) is 0 Å². The molecule has 29 heavy (non-hydrogen) atoms. The Morgan fingerprint density at radius 2 is 1.93 bits per heavy atom. The topological polar surface area (TPSA) is 121 Å². The van der Waals surface area contributed by atoms with Crippen LogP contribution in [0, 0.1) is 11.6 Å². The van der Waals surface area contributed by atoms with Crippen molar-refractivity contribution in [1.82, 2.24) is 15.5 Å². The molecule has 0 bridgehead atoms. The van der Waals surface area contributed by atoms with Crippen LogP contribution in [0.2, 0.25) is 0 Å². The minimum atomic E-state index is -1.44. The second kappa shape index (κ2) is 7.70. The number of urea groups is 1. The summed E-state index contributed by atoms with van der Waals surface area (Å²) < 4.78 is 31.2. The summed E-state index contributed by atoms with van der Waals surface area (Å²) >= 11 is 0. The Kier molecular flexibility index (Phi) is 5.31. The number of benzene rings is 1. The number of imide groups is 1. The van der Waals surface area contributed by atoms with Crippen molar-refractivity contribution < 1.29 is 32.4 Å². The van der Waals surface area contributed by atoms with E-state index in [1.165, 1.54) is 19.3 Å². The van der Waals surface area contributed by atoms with Crippen LogP contribution >= 0.6 is 0 Å². The Bertz CT molecular complexity index is 979. The quantitative estimate of drug-likeness (QED) is 0.620. The molecule has 3 N–H and O–H groups in total. The van der Waals surface area contributed by atoms with Crippen LogP contribution in [0.4, 0.5) is 19.3 Å². The van der Waals surface area contributed by atoms with Gasteiger partial charge in [0.15, 0.2) is 17.2 Å². The third kappa shape index (κ3) is 4.08. The van der Waals surface area contributed by atoms with E-state index in [0.717, 1.165) is 18.2 Å². The van der Waals surface area contributed by atoms with Crippen molar-refractivity contribution in [2.75, 3.05) is 18.4 Å². The van der Waals surface area contributed by atoms with Gasteiger partial charge in [-0.15, -0.1) is 0 Å². The molecule has 9 nitrogen and oxygen atoms in total. The number of nitrogens with zero attached hydrogens (tertiary/aromatic N) is 1. The Balaban J connectivity index is 1.54. The van der Waals surface area contributed by atoms with E-state index in [9.17, 15) is 28.0 Å². The number of halogens is 2. The van der Waals surface area contributed by atoms with Crippen LogP contribution in [-0.4, -0.2) is 41.7 Å². The standard InChI is InChI=1S/C18H16F2N4O5/c1-18(13-3-2-6-29-13)16(27)24(17(28)23-18)9-15(26)21-8-14(25)22-10-4-5-11(19)12(20)7-10/h2-7H,8-9H2,1H3,(H,21,26)(H,22,25)(H,23,28). The summed E-state index contributed by atoms with van der Waals surface area (Å²) in [5.74, 6) is -4.14. The van der Waals surface area contributed by atoms with E-state index in [4.69, 9.17) is 4.42 Å². The van der Waals surface area contributed by atoms with Crippen molar-refractivity contribution in [2.24, 2.45) is 0 Å². The number of anilines is 1. The SMILES string of the molecule is CC1(c2ccco2)NC(=O)N(CC(=O)NCC(=O)Nc2ccc(F)c(F)c2)C1=O. The molecule has 1 unspecified atom stereocenters. The first-order valence-electron chi connectivity index (χ1n) is 8.40. The molecule has 0 spiro atoms. The zero-order valence-corrected chi connectivity index (χ0v) is 15.1. The highest BCUT2D eigenvalue weighted by Crippen LogP contribution is 2.28. The van der Waals surface area contributed by atoms with Gasteiger partial charge in [-0.25, -0.2) is 13.6 Å². The lowest BCUT2D eigenvalue weighted by atomic mass is 9.99. The van der Waals surface area contributed by atoms with Crippen LogP contribution < -0.4 is 16.0 Å². The lowest BCUT2D eigenvalue weighted by Crippen LogP contribution is -2.44. The molecule has 152 valence electrons. The smallest absolute Gasteiger partial charge is 0.325 e. The molecule has 1 fully saturated rings. The Morgan fingerprint density at radius 3 is 2.59 bits per heavy atom. The van der Waals surface area contributed by atoms with Gasteiger partial charge in [0.05, 0.1) is 12.8 Å². The van der Waals surface area contributed by atoms with Gasteiger partial charge >= 0.3 is 6.03 Å². The first kappa shape index (κ1) is 20.0. The number of carbonyl (C=O) groups is 4. The average Bonchev–Trinajstić information content (AvgIpc) is 3.28. The monoisotopic (exact) mass is 406 g/mol. The molecule has 0 saturated carbocycles.